The zero-order valence-corrected chi connectivity index (χ0v) is 17.7. The highest BCUT2D eigenvalue weighted by Crippen LogP contribution is 2.47. The first-order chi connectivity index (χ1) is 14.8. The Labute approximate surface area is 182 Å². The molecule has 0 spiro atoms. The van der Waals surface area contributed by atoms with Gasteiger partial charge >= 0.3 is 0 Å². The third-order valence-electron chi connectivity index (χ3n) is 6.84. The Morgan fingerprint density at radius 3 is 2.81 bits per heavy atom. The number of benzene rings is 1. The topological polar surface area (TPSA) is 140 Å². The Kier molecular flexibility index (Phi) is 5.99. The van der Waals surface area contributed by atoms with E-state index in [-0.39, 0.29) is 30.6 Å². The van der Waals surface area contributed by atoms with Crippen LogP contribution in [0.1, 0.15) is 42.1 Å². The molecule has 1 aliphatic carbocycles. The molecule has 2 aliphatic heterocycles. The molecule has 2 saturated heterocycles. The van der Waals surface area contributed by atoms with Gasteiger partial charge in [0, 0.05) is 37.3 Å². The van der Waals surface area contributed by atoms with E-state index in [4.69, 9.17) is 11.5 Å². The van der Waals surface area contributed by atoms with Crippen molar-refractivity contribution in [2.75, 3.05) is 13.1 Å². The maximum absolute atomic E-state index is 13.0. The molecule has 31 heavy (non-hydrogen) atoms. The van der Waals surface area contributed by atoms with Crippen molar-refractivity contribution in [1.82, 2.24) is 14.7 Å². The first kappa shape index (κ1) is 21.7. The number of hydrogen-bond donors (Lipinski definition) is 3. The molecule has 3 aliphatic rings. The van der Waals surface area contributed by atoms with Gasteiger partial charge in [-0.2, -0.15) is 5.26 Å². The smallest absolute Gasteiger partial charge is 0.248 e. The Balaban J connectivity index is 1.42. The molecule has 166 valence electrons. The average Bonchev–Trinajstić information content (AvgIpc) is 3.34. The number of nitrogens with zero attached hydrogens (tertiary/aromatic N) is 4. The number of aliphatic hydroxyl groups is 1. The first-order valence-corrected chi connectivity index (χ1v) is 10.9. The number of amides is 2. The van der Waals surface area contributed by atoms with E-state index in [9.17, 15) is 20.0 Å². The normalized spacial score (nSPS) is 31.3. The number of nitriles is 1. The van der Waals surface area contributed by atoms with Crippen molar-refractivity contribution in [3.8, 4) is 6.07 Å². The highest BCUT2D eigenvalue weighted by Gasteiger charge is 2.55. The number of fused-ring (bicyclic) bond motifs is 1. The van der Waals surface area contributed by atoms with Crippen LogP contribution in [0.5, 0.6) is 0 Å². The van der Waals surface area contributed by atoms with Crippen LogP contribution in [0.4, 0.5) is 0 Å². The first-order valence-electron chi connectivity index (χ1n) is 10.9. The van der Waals surface area contributed by atoms with Crippen molar-refractivity contribution in [1.29, 1.82) is 5.26 Å². The molecule has 6 atom stereocenters. The molecule has 0 radical (unpaired) electrons. The number of aliphatic hydroxyl groups excluding tert-OH is 1. The lowest BCUT2D eigenvalue weighted by atomic mass is 10.1. The van der Waals surface area contributed by atoms with Crippen LogP contribution in [0.25, 0.3) is 0 Å². The van der Waals surface area contributed by atoms with Gasteiger partial charge in [0.1, 0.15) is 6.04 Å². The largest absolute Gasteiger partial charge is 0.366 e. The summed E-state index contributed by atoms with van der Waals surface area (Å²) in [6.07, 6.45) is 1.62. The van der Waals surface area contributed by atoms with Gasteiger partial charge in [0.2, 0.25) is 11.8 Å². The predicted octanol–water partition coefficient (Wildman–Crippen LogP) is -0.202. The zero-order valence-electron chi connectivity index (χ0n) is 17.7. The van der Waals surface area contributed by atoms with Gasteiger partial charge in [-0.15, -0.1) is 0 Å². The number of nitrogens with two attached hydrogens (primary N) is 2. The van der Waals surface area contributed by atoms with E-state index in [2.05, 4.69) is 6.07 Å². The molecule has 9 nitrogen and oxygen atoms in total. The number of carbonyl (C=O) groups excluding carboxylic acids is 2. The van der Waals surface area contributed by atoms with Crippen molar-refractivity contribution >= 4 is 11.8 Å². The van der Waals surface area contributed by atoms with E-state index in [0.29, 0.717) is 24.6 Å². The minimum atomic E-state index is -0.889. The lowest BCUT2D eigenvalue weighted by Crippen LogP contribution is -2.53. The standard InChI is InChI=1S/C22H30N6O3/c1-2-16-11-26(12-18(24)21(30)28-17(9-23)7-15-8-19(15)28)22(31)27(16)10-13-4-3-5-14(6-13)20(25)29/h3-6,15-19,22,31H,2,7-8,10-12,24H2,1H3,(H2,25,29)/t15?,16-,17?,18?,19?,22?/m0/s1. The maximum atomic E-state index is 13.0. The van der Waals surface area contributed by atoms with Gasteiger partial charge in [0.05, 0.1) is 12.1 Å². The molecule has 9 heteroatoms. The number of rotatable bonds is 7. The number of likely N-dealkylation sites (tertiary alicyclic amines) is 1. The summed E-state index contributed by atoms with van der Waals surface area (Å²) in [6, 6.07) is 8.36. The highest BCUT2D eigenvalue weighted by molar-refractivity contribution is 5.92. The van der Waals surface area contributed by atoms with Gasteiger partial charge in [-0.3, -0.25) is 19.4 Å². The Morgan fingerprint density at radius 2 is 2.13 bits per heavy atom. The molecule has 4 rings (SSSR count). The third kappa shape index (κ3) is 4.16. The summed E-state index contributed by atoms with van der Waals surface area (Å²) in [7, 11) is 0. The Bertz CT molecular complexity index is 901. The number of carbonyl (C=O) groups is 2. The minimum absolute atomic E-state index is 0.0843. The fraction of sp³-hybridized carbons (Fsp3) is 0.591. The van der Waals surface area contributed by atoms with Crippen molar-refractivity contribution in [2.45, 2.75) is 63.3 Å². The van der Waals surface area contributed by atoms with Crippen molar-refractivity contribution < 1.29 is 14.7 Å². The third-order valence-corrected chi connectivity index (χ3v) is 6.84. The molecule has 2 amide bonds. The van der Waals surface area contributed by atoms with Gasteiger partial charge < -0.3 is 21.5 Å². The lowest BCUT2D eigenvalue weighted by molar-refractivity contribution is -0.135. The Morgan fingerprint density at radius 1 is 1.35 bits per heavy atom. The SMILES string of the molecule is CC[C@H]1CN(CC(N)C(=O)N2C(C#N)CC3CC32)C(O)N1Cc1cccc(C(N)=O)c1. The lowest BCUT2D eigenvalue weighted by Gasteiger charge is -2.30. The molecular weight excluding hydrogens is 396 g/mol. The molecule has 0 bridgehead atoms. The summed E-state index contributed by atoms with van der Waals surface area (Å²) in [6.45, 7) is 3.31. The van der Waals surface area contributed by atoms with E-state index >= 15 is 0 Å². The minimum Gasteiger partial charge on any atom is -0.366 e. The van der Waals surface area contributed by atoms with Gasteiger partial charge in [-0.05, 0) is 42.9 Å². The summed E-state index contributed by atoms with van der Waals surface area (Å²) in [5, 5.41) is 20.3. The Hall–Kier alpha value is -2.51. The van der Waals surface area contributed by atoms with Crippen LogP contribution in [0, 0.1) is 17.2 Å². The fourth-order valence-electron chi connectivity index (χ4n) is 5.06. The molecule has 5 unspecified atom stereocenters. The van der Waals surface area contributed by atoms with Crippen LogP contribution in [-0.2, 0) is 11.3 Å². The molecular formula is C22H30N6O3. The zero-order chi connectivity index (χ0) is 22.3. The van der Waals surface area contributed by atoms with Crippen LogP contribution in [0.15, 0.2) is 24.3 Å². The maximum Gasteiger partial charge on any atom is 0.248 e. The quantitative estimate of drug-likeness (QED) is 0.548. The van der Waals surface area contributed by atoms with E-state index in [1.54, 1.807) is 23.1 Å². The average molecular weight is 427 g/mol. The fourth-order valence-corrected chi connectivity index (χ4v) is 5.06. The molecule has 1 aromatic carbocycles. The highest BCUT2D eigenvalue weighted by atomic mass is 16.3. The summed E-state index contributed by atoms with van der Waals surface area (Å²) >= 11 is 0. The van der Waals surface area contributed by atoms with E-state index in [0.717, 1.165) is 24.8 Å². The van der Waals surface area contributed by atoms with E-state index in [1.165, 1.54) is 0 Å². The molecule has 2 heterocycles. The monoisotopic (exact) mass is 426 g/mol. The number of primary amides is 1. The summed E-state index contributed by atoms with van der Waals surface area (Å²) in [5.74, 6) is -0.254. The number of hydrogen-bond acceptors (Lipinski definition) is 7. The summed E-state index contributed by atoms with van der Waals surface area (Å²) in [5.41, 5.74) is 12.9. The van der Waals surface area contributed by atoms with E-state index in [1.807, 2.05) is 22.8 Å². The van der Waals surface area contributed by atoms with Crippen LogP contribution in [0.2, 0.25) is 0 Å². The second-order valence-corrected chi connectivity index (χ2v) is 8.90. The molecule has 1 aromatic rings. The van der Waals surface area contributed by atoms with Gasteiger partial charge in [-0.25, -0.2) is 0 Å². The summed E-state index contributed by atoms with van der Waals surface area (Å²) < 4.78 is 0. The van der Waals surface area contributed by atoms with Crippen LogP contribution in [-0.4, -0.2) is 75.2 Å². The second-order valence-electron chi connectivity index (χ2n) is 8.90. The second kappa shape index (κ2) is 8.55. The van der Waals surface area contributed by atoms with Crippen LogP contribution >= 0.6 is 0 Å². The number of piperidine rings is 1. The van der Waals surface area contributed by atoms with Crippen molar-refractivity contribution in [2.24, 2.45) is 17.4 Å². The van der Waals surface area contributed by atoms with Gasteiger partial charge in [0.25, 0.3) is 0 Å². The molecule has 0 aromatic heterocycles. The molecule has 1 saturated carbocycles. The predicted molar refractivity (Wildman–Crippen MR) is 113 cm³/mol. The summed E-state index contributed by atoms with van der Waals surface area (Å²) in [4.78, 5) is 29.9. The van der Waals surface area contributed by atoms with Gasteiger partial charge in [-0.1, -0.05) is 19.1 Å². The van der Waals surface area contributed by atoms with Crippen molar-refractivity contribution in [3.63, 3.8) is 0 Å². The van der Waals surface area contributed by atoms with Crippen molar-refractivity contribution in [3.05, 3.63) is 35.4 Å². The molecule has 3 fully saturated rings. The van der Waals surface area contributed by atoms with E-state index < -0.39 is 18.3 Å². The van der Waals surface area contributed by atoms with Crippen LogP contribution < -0.4 is 11.5 Å². The van der Waals surface area contributed by atoms with Gasteiger partial charge in [0.15, 0.2) is 6.35 Å². The molecule has 5 N–H and O–H groups in total. The van der Waals surface area contributed by atoms with Crippen LogP contribution in [0.3, 0.4) is 0 Å².